The molecule has 2 amide bonds. The van der Waals surface area contributed by atoms with E-state index >= 15 is 0 Å². The van der Waals surface area contributed by atoms with Gasteiger partial charge in [0.15, 0.2) is 0 Å². The van der Waals surface area contributed by atoms with Crippen molar-refractivity contribution < 1.29 is 14.7 Å². The molecule has 0 unspecified atom stereocenters. The molecule has 1 N–H and O–H groups in total. The molecule has 0 aromatic carbocycles. The number of hydrogen-bond donors (Lipinski definition) is 1. The van der Waals surface area contributed by atoms with Crippen molar-refractivity contribution >= 4 is 23.1 Å². The Hall–Kier alpha value is -1.03. The number of hydrogen-bond acceptors (Lipinski definition) is 2. The minimum atomic E-state index is -1.44. The third-order valence-corrected chi connectivity index (χ3v) is 0.760. The number of halogens is 1. The van der Waals surface area contributed by atoms with E-state index < -0.39 is 11.5 Å². The van der Waals surface area contributed by atoms with Gasteiger partial charge in [0.25, 0.3) is 0 Å². The summed E-state index contributed by atoms with van der Waals surface area (Å²) in [6, 6.07) is 0. The normalized spacial score (nSPS) is 8.11. The summed E-state index contributed by atoms with van der Waals surface area (Å²) in [6.07, 6.45) is -0.623. The lowest BCUT2D eigenvalue weighted by Gasteiger charge is -2.04. The van der Waals surface area contributed by atoms with Gasteiger partial charge >= 0.3 is 11.5 Å². The molecule has 0 fully saturated rings. The van der Waals surface area contributed by atoms with Crippen molar-refractivity contribution in [3.8, 4) is 0 Å². The summed E-state index contributed by atoms with van der Waals surface area (Å²) in [5.41, 5.74) is 0. The molecule has 0 saturated carbocycles. The molecule has 5 heteroatoms. The van der Waals surface area contributed by atoms with Gasteiger partial charge in [-0.2, -0.15) is 0 Å². The first kappa shape index (κ1) is 7.97. The van der Waals surface area contributed by atoms with Crippen molar-refractivity contribution in [1.82, 2.24) is 4.90 Å². The highest BCUT2D eigenvalue weighted by Crippen LogP contribution is 1.95. The van der Waals surface area contributed by atoms with E-state index in [-0.39, 0.29) is 4.90 Å². The van der Waals surface area contributed by atoms with Crippen molar-refractivity contribution in [1.29, 1.82) is 0 Å². The smallest absolute Gasteiger partial charge is 0.419 e. The maximum absolute atomic E-state index is 10.1. The number of carboxylic acid groups (broad SMARTS) is 1. The molecule has 4 nitrogen and oxygen atoms in total. The first-order valence-electron chi connectivity index (χ1n) is 1.93. The summed E-state index contributed by atoms with van der Waals surface area (Å²) >= 11 is 4.77. The van der Waals surface area contributed by atoms with Crippen LogP contribution in [0.1, 0.15) is 0 Å². The zero-order chi connectivity index (χ0) is 7.44. The van der Waals surface area contributed by atoms with Crippen LogP contribution in [0.2, 0.25) is 0 Å². The van der Waals surface area contributed by atoms with E-state index in [1.807, 2.05) is 0 Å². The second-order valence-corrected chi connectivity index (χ2v) is 1.41. The molecule has 0 aliphatic carbocycles. The molecule has 9 heavy (non-hydrogen) atoms. The van der Waals surface area contributed by atoms with E-state index in [1.165, 1.54) is 0 Å². The predicted octanol–water partition coefficient (Wildman–Crippen LogP) is 1.47. The Morgan fingerprint density at radius 2 is 2.11 bits per heavy atom. The third-order valence-electron chi connectivity index (χ3n) is 0.578. The van der Waals surface area contributed by atoms with E-state index in [0.29, 0.717) is 0 Å². The van der Waals surface area contributed by atoms with Gasteiger partial charge in [0.1, 0.15) is 0 Å². The molecule has 0 aromatic rings. The molecule has 0 rings (SSSR count). The fourth-order valence-corrected chi connectivity index (χ4v) is 0.366. The summed E-state index contributed by atoms with van der Waals surface area (Å²) in [7, 11) is 0. The van der Waals surface area contributed by atoms with E-state index in [0.717, 1.165) is 6.20 Å². The summed E-state index contributed by atoms with van der Waals surface area (Å²) in [4.78, 5) is 20.2. The van der Waals surface area contributed by atoms with Crippen molar-refractivity contribution in [3.05, 3.63) is 12.8 Å². The summed E-state index contributed by atoms with van der Waals surface area (Å²) in [5, 5.41) is 7.01. The van der Waals surface area contributed by atoms with Crippen molar-refractivity contribution in [2.24, 2.45) is 0 Å². The van der Waals surface area contributed by atoms with Crippen LogP contribution in [-0.2, 0) is 0 Å². The Balaban J connectivity index is 4.16. The van der Waals surface area contributed by atoms with Gasteiger partial charge in [-0.1, -0.05) is 6.58 Å². The highest BCUT2D eigenvalue weighted by Gasteiger charge is 2.13. The lowest BCUT2D eigenvalue weighted by molar-refractivity contribution is 0.169. The van der Waals surface area contributed by atoms with Gasteiger partial charge in [-0.05, 0) is 11.6 Å². The highest BCUT2D eigenvalue weighted by molar-refractivity contribution is 6.64. The molecule has 0 saturated heterocycles. The van der Waals surface area contributed by atoms with Crippen LogP contribution in [0.5, 0.6) is 0 Å². The molecule has 0 heterocycles. The van der Waals surface area contributed by atoms with Crippen LogP contribution in [0.3, 0.4) is 0 Å². The maximum Gasteiger partial charge on any atom is 0.419 e. The monoisotopic (exact) mass is 149 g/mol. The molecule has 0 bridgehead atoms. The van der Waals surface area contributed by atoms with E-state index in [1.54, 1.807) is 0 Å². The van der Waals surface area contributed by atoms with E-state index in [4.69, 9.17) is 16.7 Å². The fourth-order valence-electron chi connectivity index (χ4n) is 0.225. The molecule has 50 valence electrons. The number of carbonyl (C=O) groups is 2. The predicted molar refractivity (Wildman–Crippen MR) is 31.3 cm³/mol. The minimum absolute atomic E-state index is 0.265. The van der Waals surface area contributed by atoms with Crippen molar-refractivity contribution in [3.63, 3.8) is 0 Å². The number of amides is 2. The molecule has 0 aromatic heterocycles. The maximum atomic E-state index is 10.1. The molecule has 0 radical (unpaired) electrons. The van der Waals surface area contributed by atoms with Gasteiger partial charge in [0.05, 0.1) is 0 Å². The molecule has 0 atom stereocenters. The average molecular weight is 150 g/mol. The van der Waals surface area contributed by atoms with Crippen LogP contribution >= 0.6 is 11.6 Å². The average Bonchev–Trinajstić information content (AvgIpc) is 1.64. The largest absolute Gasteiger partial charge is 0.464 e. The summed E-state index contributed by atoms with van der Waals surface area (Å²) < 4.78 is 0. The molecule has 0 spiro atoms. The van der Waals surface area contributed by atoms with Gasteiger partial charge in [-0.15, -0.1) is 0 Å². The highest BCUT2D eigenvalue weighted by atomic mass is 35.5. The number of nitrogens with zero attached hydrogens (tertiary/aromatic N) is 1. The standard InChI is InChI=1S/C4H4ClNO3/c1-2-6(3(5)7)4(8)9/h2H,1H2,(H,8,9). The van der Waals surface area contributed by atoms with Gasteiger partial charge in [0, 0.05) is 6.20 Å². The van der Waals surface area contributed by atoms with Crippen LogP contribution in [0.25, 0.3) is 0 Å². The first-order valence-corrected chi connectivity index (χ1v) is 2.31. The van der Waals surface area contributed by atoms with Gasteiger partial charge in [0.2, 0.25) is 0 Å². The summed E-state index contributed by atoms with van der Waals surface area (Å²) in [6.45, 7) is 3.04. The Morgan fingerprint density at radius 1 is 1.67 bits per heavy atom. The van der Waals surface area contributed by atoms with Gasteiger partial charge in [-0.3, -0.25) is 4.79 Å². The first-order chi connectivity index (χ1) is 4.09. The van der Waals surface area contributed by atoms with Crippen LogP contribution in [0.15, 0.2) is 12.8 Å². The van der Waals surface area contributed by atoms with E-state index in [2.05, 4.69) is 6.58 Å². The molecular weight excluding hydrogens is 146 g/mol. The third kappa shape index (κ3) is 2.14. The molecular formula is C4H4ClNO3. The quantitative estimate of drug-likeness (QED) is 0.454. The van der Waals surface area contributed by atoms with E-state index in [9.17, 15) is 9.59 Å². The second kappa shape index (κ2) is 3.09. The van der Waals surface area contributed by atoms with Crippen molar-refractivity contribution in [2.45, 2.75) is 0 Å². The zero-order valence-electron chi connectivity index (χ0n) is 4.37. The Bertz CT molecular complexity index is 142. The van der Waals surface area contributed by atoms with Crippen LogP contribution < -0.4 is 0 Å². The van der Waals surface area contributed by atoms with Gasteiger partial charge < -0.3 is 5.11 Å². The second-order valence-electron chi connectivity index (χ2n) is 1.09. The Labute approximate surface area is 56.3 Å². The number of carbonyl (C=O) groups excluding carboxylic acids is 1. The lowest BCUT2D eigenvalue weighted by atomic mass is 10.8. The van der Waals surface area contributed by atoms with Crippen LogP contribution in [0, 0.1) is 0 Å². The molecule has 0 aliphatic heterocycles. The number of rotatable bonds is 1. The SMILES string of the molecule is C=CN(C(=O)O)C(=O)Cl. The number of imide groups is 1. The van der Waals surface area contributed by atoms with Crippen LogP contribution in [-0.4, -0.2) is 21.5 Å². The summed E-state index contributed by atoms with van der Waals surface area (Å²) in [5.74, 6) is 0. The van der Waals surface area contributed by atoms with Crippen molar-refractivity contribution in [2.75, 3.05) is 0 Å². The zero-order valence-corrected chi connectivity index (χ0v) is 5.13. The lowest BCUT2D eigenvalue weighted by Crippen LogP contribution is -2.25. The fraction of sp³-hybridized carbons (Fsp3) is 0. The minimum Gasteiger partial charge on any atom is -0.464 e. The van der Waals surface area contributed by atoms with Crippen LogP contribution in [0.4, 0.5) is 9.59 Å². The Morgan fingerprint density at radius 3 is 2.11 bits per heavy atom. The topological polar surface area (TPSA) is 57.6 Å². The Kier molecular flexibility index (Phi) is 2.73. The molecule has 0 aliphatic rings. The van der Waals surface area contributed by atoms with Gasteiger partial charge in [-0.25, -0.2) is 9.69 Å².